The third-order valence-electron chi connectivity index (χ3n) is 2.32. The first-order chi connectivity index (χ1) is 6.13. The van der Waals surface area contributed by atoms with E-state index >= 15 is 0 Å². The van der Waals surface area contributed by atoms with Gasteiger partial charge in [-0.05, 0) is 38.3 Å². The molecule has 0 spiro atoms. The zero-order valence-corrected chi connectivity index (χ0v) is 8.75. The van der Waals surface area contributed by atoms with Crippen LogP contribution in [0, 0.1) is 12.8 Å². The lowest BCUT2D eigenvalue weighted by molar-refractivity contribution is 0.516. The van der Waals surface area contributed by atoms with Crippen LogP contribution in [0.25, 0.3) is 0 Å². The van der Waals surface area contributed by atoms with Crippen LogP contribution in [0.4, 0.5) is 0 Å². The van der Waals surface area contributed by atoms with Crippen molar-refractivity contribution in [2.75, 3.05) is 6.54 Å². The van der Waals surface area contributed by atoms with Crippen molar-refractivity contribution in [3.05, 3.63) is 17.5 Å². The first kappa shape index (κ1) is 10.3. The minimum atomic E-state index is 0.653. The van der Waals surface area contributed by atoms with Crippen molar-refractivity contribution >= 4 is 0 Å². The average Bonchev–Trinajstić information content (AvgIpc) is 2.30. The molecule has 0 saturated carbocycles. The van der Waals surface area contributed by atoms with E-state index in [1.54, 1.807) is 0 Å². The van der Waals surface area contributed by atoms with Crippen LogP contribution in [0.3, 0.4) is 0 Å². The van der Waals surface area contributed by atoms with Gasteiger partial charge in [-0.2, -0.15) is 5.10 Å². The maximum absolute atomic E-state index is 5.50. The Labute approximate surface area is 79.9 Å². The Balaban J connectivity index is 2.57. The average molecular weight is 181 g/mol. The molecule has 0 amide bonds. The van der Waals surface area contributed by atoms with E-state index in [0.29, 0.717) is 5.92 Å². The molecule has 1 unspecified atom stereocenters. The monoisotopic (exact) mass is 181 g/mol. The summed E-state index contributed by atoms with van der Waals surface area (Å²) in [5.74, 6) is 0.653. The van der Waals surface area contributed by atoms with Gasteiger partial charge in [-0.1, -0.05) is 6.92 Å². The van der Waals surface area contributed by atoms with Gasteiger partial charge < -0.3 is 5.73 Å². The maximum Gasteiger partial charge on any atom is 0.0596 e. The minimum Gasteiger partial charge on any atom is -0.330 e. The fourth-order valence-electron chi connectivity index (χ4n) is 1.60. The van der Waals surface area contributed by atoms with E-state index in [9.17, 15) is 0 Å². The molecular formula is C10H19N3. The van der Waals surface area contributed by atoms with Gasteiger partial charge in [0.05, 0.1) is 5.69 Å². The van der Waals surface area contributed by atoms with Crippen molar-refractivity contribution in [2.24, 2.45) is 18.7 Å². The van der Waals surface area contributed by atoms with Gasteiger partial charge >= 0.3 is 0 Å². The minimum absolute atomic E-state index is 0.653. The lowest BCUT2D eigenvalue weighted by Gasteiger charge is -2.09. The maximum atomic E-state index is 5.50. The third-order valence-corrected chi connectivity index (χ3v) is 2.32. The molecule has 1 atom stereocenters. The third kappa shape index (κ3) is 2.84. The zero-order chi connectivity index (χ0) is 9.84. The van der Waals surface area contributed by atoms with E-state index in [0.717, 1.165) is 25.1 Å². The number of aryl methyl sites for hydroxylation is 2. The summed E-state index contributed by atoms with van der Waals surface area (Å²) in [6, 6.07) is 2.15. The molecule has 3 nitrogen and oxygen atoms in total. The zero-order valence-electron chi connectivity index (χ0n) is 8.75. The van der Waals surface area contributed by atoms with Crippen molar-refractivity contribution in [1.29, 1.82) is 0 Å². The van der Waals surface area contributed by atoms with Gasteiger partial charge in [-0.25, -0.2) is 0 Å². The normalized spacial score (nSPS) is 13.2. The number of rotatable bonds is 4. The summed E-state index contributed by atoms with van der Waals surface area (Å²) in [7, 11) is 2.00. The molecule has 0 aliphatic heterocycles. The molecule has 1 rings (SSSR count). The summed E-state index contributed by atoms with van der Waals surface area (Å²) in [6.45, 7) is 5.03. The summed E-state index contributed by atoms with van der Waals surface area (Å²) in [5.41, 5.74) is 7.90. The molecule has 3 heteroatoms. The van der Waals surface area contributed by atoms with E-state index in [1.165, 1.54) is 5.69 Å². The Hall–Kier alpha value is -0.830. The number of nitrogens with zero attached hydrogens (tertiary/aromatic N) is 2. The Kier molecular flexibility index (Phi) is 3.48. The molecule has 0 aromatic carbocycles. The topological polar surface area (TPSA) is 43.8 Å². The van der Waals surface area contributed by atoms with Crippen LogP contribution in [-0.4, -0.2) is 16.3 Å². The molecule has 2 N–H and O–H groups in total. The lowest BCUT2D eigenvalue weighted by atomic mass is 10.0. The molecule has 74 valence electrons. The van der Waals surface area contributed by atoms with Gasteiger partial charge in [0.25, 0.3) is 0 Å². The van der Waals surface area contributed by atoms with Crippen molar-refractivity contribution in [3.63, 3.8) is 0 Å². The van der Waals surface area contributed by atoms with Crippen molar-refractivity contribution < 1.29 is 0 Å². The highest BCUT2D eigenvalue weighted by atomic mass is 15.3. The van der Waals surface area contributed by atoms with Crippen molar-refractivity contribution in [2.45, 2.75) is 26.7 Å². The van der Waals surface area contributed by atoms with E-state index in [-0.39, 0.29) is 0 Å². The predicted octanol–water partition coefficient (Wildman–Crippen LogP) is 1.26. The SMILES string of the molecule is Cc1cc(CC(C)CCN)n(C)n1. The molecule has 1 aromatic rings. The molecule has 0 saturated heterocycles. The van der Waals surface area contributed by atoms with Gasteiger partial charge in [-0.15, -0.1) is 0 Å². The lowest BCUT2D eigenvalue weighted by Crippen LogP contribution is -2.10. The number of hydrogen-bond donors (Lipinski definition) is 1. The summed E-state index contributed by atoms with van der Waals surface area (Å²) in [5, 5.41) is 4.31. The fourth-order valence-corrected chi connectivity index (χ4v) is 1.60. The molecule has 1 heterocycles. The predicted molar refractivity (Wildman–Crippen MR) is 54.5 cm³/mol. The fraction of sp³-hybridized carbons (Fsp3) is 0.700. The second-order valence-corrected chi connectivity index (χ2v) is 3.79. The molecule has 1 aromatic heterocycles. The molecule has 0 radical (unpaired) electrons. The smallest absolute Gasteiger partial charge is 0.0596 e. The standard InChI is InChI=1S/C10H19N3/c1-8(4-5-11)6-10-7-9(2)12-13(10)3/h7-8H,4-6,11H2,1-3H3. The molecule has 0 bridgehead atoms. The van der Waals surface area contributed by atoms with E-state index < -0.39 is 0 Å². The number of aromatic nitrogens is 2. The van der Waals surface area contributed by atoms with Crippen LogP contribution in [-0.2, 0) is 13.5 Å². The highest BCUT2D eigenvalue weighted by Crippen LogP contribution is 2.11. The molecule has 0 fully saturated rings. The van der Waals surface area contributed by atoms with Crippen molar-refractivity contribution in [1.82, 2.24) is 9.78 Å². The summed E-state index contributed by atoms with van der Waals surface area (Å²) in [4.78, 5) is 0. The Morgan fingerprint density at radius 1 is 1.62 bits per heavy atom. The molecule has 0 aliphatic carbocycles. The van der Waals surface area contributed by atoms with E-state index in [2.05, 4.69) is 18.1 Å². The van der Waals surface area contributed by atoms with Crippen LogP contribution in [0.1, 0.15) is 24.7 Å². The number of hydrogen-bond acceptors (Lipinski definition) is 2. The second kappa shape index (κ2) is 4.42. The van der Waals surface area contributed by atoms with Gasteiger partial charge in [0.2, 0.25) is 0 Å². The van der Waals surface area contributed by atoms with Gasteiger partial charge in [0.1, 0.15) is 0 Å². The number of nitrogens with two attached hydrogens (primary N) is 1. The Morgan fingerprint density at radius 2 is 2.31 bits per heavy atom. The Bertz CT molecular complexity index is 265. The second-order valence-electron chi connectivity index (χ2n) is 3.79. The largest absolute Gasteiger partial charge is 0.330 e. The van der Waals surface area contributed by atoms with E-state index in [4.69, 9.17) is 5.73 Å². The van der Waals surface area contributed by atoms with E-state index in [1.807, 2.05) is 18.7 Å². The van der Waals surface area contributed by atoms with Gasteiger partial charge in [0.15, 0.2) is 0 Å². The van der Waals surface area contributed by atoms with Gasteiger partial charge in [-0.3, -0.25) is 4.68 Å². The summed E-state index contributed by atoms with van der Waals surface area (Å²) < 4.78 is 1.96. The van der Waals surface area contributed by atoms with Crippen LogP contribution < -0.4 is 5.73 Å². The summed E-state index contributed by atoms with van der Waals surface area (Å²) >= 11 is 0. The molecule has 13 heavy (non-hydrogen) atoms. The Morgan fingerprint density at radius 3 is 2.77 bits per heavy atom. The highest BCUT2D eigenvalue weighted by molar-refractivity contribution is 5.09. The highest BCUT2D eigenvalue weighted by Gasteiger charge is 2.06. The quantitative estimate of drug-likeness (QED) is 0.760. The van der Waals surface area contributed by atoms with Crippen LogP contribution in [0.5, 0.6) is 0 Å². The van der Waals surface area contributed by atoms with Gasteiger partial charge in [0, 0.05) is 12.7 Å². The molecular weight excluding hydrogens is 162 g/mol. The summed E-state index contributed by atoms with van der Waals surface area (Å²) in [6.07, 6.45) is 2.17. The molecule has 0 aliphatic rings. The van der Waals surface area contributed by atoms with Crippen LogP contribution >= 0.6 is 0 Å². The van der Waals surface area contributed by atoms with Crippen LogP contribution in [0.2, 0.25) is 0 Å². The first-order valence-corrected chi connectivity index (χ1v) is 4.83. The van der Waals surface area contributed by atoms with Crippen molar-refractivity contribution in [3.8, 4) is 0 Å². The first-order valence-electron chi connectivity index (χ1n) is 4.83. The van der Waals surface area contributed by atoms with Crippen LogP contribution in [0.15, 0.2) is 6.07 Å².